The lowest BCUT2D eigenvalue weighted by atomic mass is 10.3. The fourth-order valence-electron chi connectivity index (χ4n) is 0.897. The molecule has 0 aromatic heterocycles. The molecule has 0 aliphatic carbocycles. The Morgan fingerprint density at radius 1 is 1.36 bits per heavy atom. The van der Waals surface area contributed by atoms with Gasteiger partial charge in [0.25, 0.3) is 0 Å². The van der Waals surface area contributed by atoms with Crippen LogP contribution >= 0.6 is 11.8 Å². The van der Waals surface area contributed by atoms with Crippen LogP contribution in [0.5, 0.6) is 5.75 Å². The summed E-state index contributed by atoms with van der Waals surface area (Å²) in [6, 6.07) is 7.31. The van der Waals surface area contributed by atoms with Gasteiger partial charge in [0.15, 0.2) is 11.9 Å². The normalized spacial score (nSPS) is 9.86. The number of hydrogen-bond donors (Lipinski definition) is 0. The quantitative estimate of drug-likeness (QED) is 0.566. The number of thioether (sulfide) groups is 1. The second kappa shape index (κ2) is 5.67. The van der Waals surface area contributed by atoms with Gasteiger partial charge in [-0.1, -0.05) is 11.8 Å². The van der Waals surface area contributed by atoms with E-state index in [0.717, 1.165) is 10.6 Å². The smallest absolute Gasteiger partial charge is 0.190 e. The largest absolute Gasteiger partial charge is 0.468 e. The van der Waals surface area contributed by atoms with Crippen molar-refractivity contribution < 1.29 is 14.3 Å². The predicted octanol–water partition coefficient (Wildman–Crippen LogP) is 2.31. The van der Waals surface area contributed by atoms with E-state index in [1.165, 1.54) is 11.8 Å². The lowest BCUT2D eigenvalue weighted by Crippen LogP contribution is -1.98. The highest BCUT2D eigenvalue weighted by Gasteiger charge is 1.98. The van der Waals surface area contributed by atoms with Crippen molar-refractivity contribution in [1.82, 2.24) is 0 Å². The maximum Gasteiger partial charge on any atom is 0.190 e. The molecule has 0 saturated heterocycles. The summed E-state index contributed by atoms with van der Waals surface area (Å²) in [4.78, 5) is 11.7. The molecule has 0 atom stereocenters. The number of benzene rings is 1. The molecule has 1 rings (SSSR count). The summed E-state index contributed by atoms with van der Waals surface area (Å²) in [5, 5.41) is 0.0792. The Labute approximate surface area is 87.4 Å². The molecule has 0 bridgehead atoms. The molecule has 76 valence electrons. The first-order valence-corrected chi connectivity index (χ1v) is 4.94. The standard InChI is InChI=1S/C10H12O3S/c1-8(11)14-10-5-3-9(4-6-10)13-7-12-2/h3-6H,7H2,1-2H3. The van der Waals surface area contributed by atoms with Gasteiger partial charge in [-0.15, -0.1) is 0 Å². The fraction of sp³-hybridized carbons (Fsp3) is 0.300. The van der Waals surface area contributed by atoms with Gasteiger partial charge in [0, 0.05) is 18.9 Å². The molecule has 0 unspecified atom stereocenters. The van der Waals surface area contributed by atoms with E-state index in [-0.39, 0.29) is 11.9 Å². The predicted molar refractivity (Wildman–Crippen MR) is 55.5 cm³/mol. The van der Waals surface area contributed by atoms with Crippen molar-refractivity contribution in [2.24, 2.45) is 0 Å². The van der Waals surface area contributed by atoms with Crippen LogP contribution in [-0.2, 0) is 9.53 Å². The van der Waals surface area contributed by atoms with Crippen LogP contribution in [-0.4, -0.2) is 19.0 Å². The Balaban J connectivity index is 2.54. The Morgan fingerprint density at radius 3 is 2.50 bits per heavy atom. The summed E-state index contributed by atoms with van der Waals surface area (Å²) < 4.78 is 9.96. The van der Waals surface area contributed by atoms with E-state index < -0.39 is 0 Å². The van der Waals surface area contributed by atoms with Crippen LogP contribution in [0.1, 0.15) is 6.92 Å². The maximum absolute atomic E-state index is 10.8. The molecule has 1 aromatic carbocycles. The third-order valence-corrected chi connectivity index (χ3v) is 2.22. The lowest BCUT2D eigenvalue weighted by Gasteiger charge is -2.04. The first kappa shape index (κ1) is 11.1. The molecule has 0 fully saturated rings. The van der Waals surface area contributed by atoms with Crippen LogP contribution in [0.3, 0.4) is 0 Å². The van der Waals surface area contributed by atoms with E-state index in [1.807, 2.05) is 24.3 Å². The van der Waals surface area contributed by atoms with Crippen LogP contribution in [0.4, 0.5) is 0 Å². The van der Waals surface area contributed by atoms with Crippen LogP contribution in [0.2, 0.25) is 0 Å². The number of rotatable bonds is 4. The van der Waals surface area contributed by atoms with E-state index in [4.69, 9.17) is 9.47 Å². The number of carbonyl (C=O) groups is 1. The van der Waals surface area contributed by atoms with Crippen molar-refractivity contribution in [3.05, 3.63) is 24.3 Å². The van der Waals surface area contributed by atoms with Crippen LogP contribution < -0.4 is 4.74 Å². The van der Waals surface area contributed by atoms with Gasteiger partial charge in [-0.25, -0.2) is 0 Å². The Hall–Kier alpha value is -1.00. The van der Waals surface area contributed by atoms with Gasteiger partial charge in [0.1, 0.15) is 5.75 Å². The second-order valence-corrected chi connectivity index (χ2v) is 3.87. The van der Waals surface area contributed by atoms with Crippen molar-refractivity contribution in [3.8, 4) is 5.75 Å². The summed E-state index contributed by atoms with van der Waals surface area (Å²) in [5.41, 5.74) is 0. The minimum absolute atomic E-state index is 0.0792. The van der Waals surface area contributed by atoms with E-state index >= 15 is 0 Å². The zero-order valence-electron chi connectivity index (χ0n) is 8.15. The Bertz CT molecular complexity index is 295. The molecule has 0 saturated carbocycles. The zero-order chi connectivity index (χ0) is 10.4. The SMILES string of the molecule is COCOc1ccc(SC(C)=O)cc1. The molecular formula is C10H12O3S. The van der Waals surface area contributed by atoms with Gasteiger partial charge < -0.3 is 9.47 Å². The van der Waals surface area contributed by atoms with Crippen LogP contribution in [0.15, 0.2) is 29.2 Å². The highest BCUT2D eigenvalue weighted by atomic mass is 32.2. The first-order chi connectivity index (χ1) is 6.72. The molecule has 0 aliphatic rings. The molecule has 14 heavy (non-hydrogen) atoms. The summed E-state index contributed by atoms with van der Waals surface area (Å²) >= 11 is 1.21. The molecule has 0 N–H and O–H groups in total. The molecule has 0 aliphatic heterocycles. The summed E-state index contributed by atoms with van der Waals surface area (Å²) in [7, 11) is 1.57. The minimum atomic E-state index is 0.0792. The first-order valence-electron chi connectivity index (χ1n) is 4.12. The third-order valence-electron chi connectivity index (χ3n) is 1.43. The van der Waals surface area contributed by atoms with Crippen LogP contribution in [0.25, 0.3) is 0 Å². The fourth-order valence-corrected chi connectivity index (χ4v) is 1.50. The van der Waals surface area contributed by atoms with Crippen molar-refractivity contribution in [2.75, 3.05) is 13.9 Å². The van der Waals surface area contributed by atoms with Crippen molar-refractivity contribution >= 4 is 16.9 Å². The second-order valence-electron chi connectivity index (χ2n) is 2.62. The van der Waals surface area contributed by atoms with E-state index in [2.05, 4.69) is 0 Å². The maximum atomic E-state index is 10.8. The number of methoxy groups -OCH3 is 1. The Kier molecular flexibility index (Phi) is 4.49. The highest BCUT2D eigenvalue weighted by molar-refractivity contribution is 8.13. The minimum Gasteiger partial charge on any atom is -0.468 e. The van der Waals surface area contributed by atoms with Gasteiger partial charge in [-0.05, 0) is 24.3 Å². The van der Waals surface area contributed by atoms with E-state index in [1.54, 1.807) is 14.0 Å². The van der Waals surface area contributed by atoms with Crippen LogP contribution in [0, 0.1) is 0 Å². The lowest BCUT2D eigenvalue weighted by molar-refractivity contribution is -0.109. The van der Waals surface area contributed by atoms with Gasteiger partial charge in [-0.2, -0.15) is 0 Å². The van der Waals surface area contributed by atoms with E-state index in [9.17, 15) is 4.79 Å². The molecular weight excluding hydrogens is 200 g/mol. The highest BCUT2D eigenvalue weighted by Crippen LogP contribution is 2.21. The molecule has 0 spiro atoms. The average molecular weight is 212 g/mol. The molecule has 1 aromatic rings. The van der Waals surface area contributed by atoms with Gasteiger partial charge >= 0.3 is 0 Å². The Morgan fingerprint density at radius 2 is 2.00 bits per heavy atom. The molecule has 0 heterocycles. The molecule has 4 heteroatoms. The van der Waals surface area contributed by atoms with Gasteiger partial charge in [0.2, 0.25) is 0 Å². The topological polar surface area (TPSA) is 35.5 Å². The molecule has 3 nitrogen and oxygen atoms in total. The average Bonchev–Trinajstić information content (AvgIpc) is 2.16. The van der Waals surface area contributed by atoms with Crippen molar-refractivity contribution in [1.29, 1.82) is 0 Å². The van der Waals surface area contributed by atoms with Gasteiger partial charge in [-0.3, -0.25) is 4.79 Å². The number of carbonyl (C=O) groups excluding carboxylic acids is 1. The van der Waals surface area contributed by atoms with Crippen molar-refractivity contribution in [2.45, 2.75) is 11.8 Å². The molecule has 0 radical (unpaired) electrons. The number of hydrogen-bond acceptors (Lipinski definition) is 4. The van der Waals surface area contributed by atoms with E-state index in [0.29, 0.717) is 0 Å². The van der Waals surface area contributed by atoms with Crippen molar-refractivity contribution in [3.63, 3.8) is 0 Å². The summed E-state index contributed by atoms with van der Waals surface area (Å²) in [5.74, 6) is 0.736. The third kappa shape index (κ3) is 3.81. The van der Waals surface area contributed by atoms with Gasteiger partial charge in [0.05, 0.1) is 0 Å². The molecule has 0 amide bonds. The zero-order valence-corrected chi connectivity index (χ0v) is 8.97. The summed E-state index contributed by atoms with van der Waals surface area (Å²) in [6.45, 7) is 1.78. The number of ether oxygens (including phenoxy) is 2. The monoisotopic (exact) mass is 212 g/mol. The summed E-state index contributed by atoms with van der Waals surface area (Å²) in [6.07, 6.45) is 0.